The number of para-hydroxylation sites is 1. The predicted octanol–water partition coefficient (Wildman–Crippen LogP) is 2.72. The molecule has 0 aliphatic carbocycles. The molecule has 6 nitrogen and oxygen atoms in total. The van der Waals surface area contributed by atoms with Crippen LogP contribution in [0.4, 0.5) is 11.4 Å². The van der Waals surface area contributed by atoms with Gasteiger partial charge in [0.1, 0.15) is 24.4 Å². The van der Waals surface area contributed by atoms with Gasteiger partial charge in [-0.15, -0.1) is 0 Å². The highest BCUT2D eigenvalue weighted by molar-refractivity contribution is 7.99. The molecule has 2 N–H and O–H groups in total. The van der Waals surface area contributed by atoms with Crippen LogP contribution < -0.4 is 4.90 Å². The van der Waals surface area contributed by atoms with E-state index in [1.54, 1.807) is 11.8 Å². The highest BCUT2D eigenvalue weighted by atomic mass is 32.2. The Labute approximate surface area is 161 Å². The number of aliphatic hydroxyl groups excluding tert-OH is 2. The highest BCUT2D eigenvalue weighted by Crippen LogP contribution is 2.47. The second kappa shape index (κ2) is 8.27. The molecule has 1 aliphatic heterocycles. The maximum atomic E-state index is 12.0. The van der Waals surface area contributed by atoms with Gasteiger partial charge in [0, 0.05) is 16.8 Å². The van der Waals surface area contributed by atoms with Crippen molar-refractivity contribution in [2.24, 2.45) is 0 Å². The van der Waals surface area contributed by atoms with E-state index in [-0.39, 0.29) is 12.2 Å². The molecule has 3 rings (SSSR count). The Morgan fingerprint density at radius 1 is 1.30 bits per heavy atom. The summed E-state index contributed by atoms with van der Waals surface area (Å²) in [5, 5.41) is 27.3. The number of carbonyl (C=O) groups excluding carboxylic acids is 1. The number of anilines is 2. The standard InChI is InChI=1S/C20H18N2O4S/c1-22-16-4-2-3-5-18(16)27-19-9-13(6-7-17(19)22)8-14(10-21)20(25)26-12-15(24)11-23/h2-9,15,23-24H,11-12H2,1H3. The normalized spacial score (nSPS) is 14.0. The summed E-state index contributed by atoms with van der Waals surface area (Å²) in [4.78, 5) is 16.2. The molecular weight excluding hydrogens is 364 g/mol. The van der Waals surface area contributed by atoms with Crippen molar-refractivity contribution in [1.82, 2.24) is 0 Å². The number of ether oxygens (including phenoxy) is 1. The Morgan fingerprint density at radius 3 is 2.78 bits per heavy atom. The third kappa shape index (κ3) is 4.14. The zero-order valence-electron chi connectivity index (χ0n) is 14.6. The SMILES string of the molecule is CN1c2ccccc2Sc2cc(C=C(C#N)C(=O)OCC(O)CO)ccc21. The summed E-state index contributed by atoms with van der Waals surface area (Å²) in [5.74, 6) is -0.835. The second-order valence-electron chi connectivity index (χ2n) is 5.96. The predicted molar refractivity (Wildman–Crippen MR) is 103 cm³/mol. The van der Waals surface area contributed by atoms with E-state index in [4.69, 9.17) is 9.84 Å². The monoisotopic (exact) mass is 382 g/mol. The molecular formula is C20H18N2O4S. The Balaban J connectivity index is 1.84. The lowest BCUT2D eigenvalue weighted by atomic mass is 10.1. The fraction of sp³-hybridized carbons (Fsp3) is 0.200. The lowest BCUT2D eigenvalue weighted by Gasteiger charge is -2.29. The lowest BCUT2D eigenvalue weighted by molar-refractivity contribution is -0.142. The van der Waals surface area contributed by atoms with Gasteiger partial charge in [-0.2, -0.15) is 5.26 Å². The van der Waals surface area contributed by atoms with E-state index in [0.29, 0.717) is 5.56 Å². The minimum Gasteiger partial charge on any atom is -0.459 e. The molecule has 138 valence electrons. The summed E-state index contributed by atoms with van der Waals surface area (Å²) in [6.45, 7) is -0.883. The van der Waals surface area contributed by atoms with E-state index in [1.807, 2.05) is 49.5 Å². The van der Waals surface area contributed by atoms with Crippen LogP contribution in [0.5, 0.6) is 0 Å². The maximum absolute atomic E-state index is 12.0. The van der Waals surface area contributed by atoms with Gasteiger partial charge in [-0.3, -0.25) is 0 Å². The van der Waals surface area contributed by atoms with Crippen molar-refractivity contribution in [3.8, 4) is 6.07 Å². The number of hydrogen-bond donors (Lipinski definition) is 2. The number of nitrogens with zero attached hydrogens (tertiary/aromatic N) is 2. The van der Waals surface area contributed by atoms with Crippen LogP contribution in [-0.4, -0.2) is 42.5 Å². The van der Waals surface area contributed by atoms with Crippen molar-refractivity contribution >= 4 is 35.2 Å². The van der Waals surface area contributed by atoms with E-state index in [9.17, 15) is 15.2 Å². The fourth-order valence-corrected chi connectivity index (χ4v) is 3.85. The van der Waals surface area contributed by atoms with Crippen molar-refractivity contribution in [3.05, 3.63) is 53.6 Å². The van der Waals surface area contributed by atoms with Crippen molar-refractivity contribution < 1.29 is 19.7 Å². The molecule has 0 bridgehead atoms. The average molecular weight is 382 g/mol. The Bertz CT molecular complexity index is 936. The molecule has 0 aromatic heterocycles. The fourth-order valence-electron chi connectivity index (χ4n) is 2.65. The Morgan fingerprint density at radius 2 is 2.04 bits per heavy atom. The molecule has 0 amide bonds. The Kier molecular flexibility index (Phi) is 5.81. The molecule has 7 heteroatoms. The first kappa shape index (κ1) is 19.0. The first-order chi connectivity index (χ1) is 13.0. The average Bonchev–Trinajstić information content (AvgIpc) is 2.69. The number of rotatable bonds is 5. The zero-order valence-corrected chi connectivity index (χ0v) is 15.4. The quantitative estimate of drug-likeness (QED) is 0.466. The number of aliphatic hydroxyl groups is 2. The number of carbonyl (C=O) groups is 1. The third-order valence-corrected chi connectivity index (χ3v) is 5.17. The Hall–Kier alpha value is -2.79. The van der Waals surface area contributed by atoms with Gasteiger partial charge in [-0.25, -0.2) is 4.79 Å². The number of benzene rings is 2. The molecule has 0 saturated carbocycles. The van der Waals surface area contributed by atoms with Gasteiger partial charge in [-0.05, 0) is 35.9 Å². The van der Waals surface area contributed by atoms with E-state index in [2.05, 4.69) is 11.0 Å². The summed E-state index contributed by atoms with van der Waals surface area (Å²) < 4.78 is 4.84. The summed E-state index contributed by atoms with van der Waals surface area (Å²) >= 11 is 1.63. The molecule has 1 atom stereocenters. The van der Waals surface area contributed by atoms with Crippen molar-refractivity contribution in [3.63, 3.8) is 0 Å². The van der Waals surface area contributed by atoms with E-state index in [1.165, 1.54) is 6.08 Å². The minimum absolute atomic E-state index is 0.172. The number of fused-ring (bicyclic) bond motifs is 2. The van der Waals surface area contributed by atoms with Gasteiger partial charge in [0.05, 0.1) is 18.0 Å². The first-order valence-electron chi connectivity index (χ1n) is 8.26. The molecule has 27 heavy (non-hydrogen) atoms. The first-order valence-corrected chi connectivity index (χ1v) is 9.07. The molecule has 2 aromatic rings. The van der Waals surface area contributed by atoms with Crippen LogP contribution in [-0.2, 0) is 9.53 Å². The summed E-state index contributed by atoms with van der Waals surface area (Å²) in [7, 11) is 2.00. The van der Waals surface area contributed by atoms with Crippen LogP contribution in [0.15, 0.2) is 57.8 Å². The topological polar surface area (TPSA) is 93.8 Å². The molecule has 1 unspecified atom stereocenters. The van der Waals surface area contributed by atoms with Gasteiger partial charge in [0.2, 0.25) is 0 Å². The van der Waals surface area contributed by atoms with Crippen LogP contribution in [0.1, 0.15) is 5.56 Å². The smallest absolute Gasteiger partial charge is 0.348 e. The summed E-state index contributed by atoms with van der Waals surface area (Å²) in [6, 6.07) is 15.6. The minimum atomic E-state index is -1.16. The van der Waals surface area contributed by atoms with Gasteiger partial charge in [0.15, 0.2) is 0 Å². The van der Waals surface area contributed by atoms with Crippen molar-refractivity contribution in [2.75, 3.05) is 25.2 Å². The molecule has 0 spiro atoms. The molecule has 1 heterocycles. The van der Waals surface area contributed by atoms with Crippen molar-refractivity contribution in [1.29, 1.82) is 5.26 Å². The third-order valence-electron chi connectivity index (χ3n) is 4.06. The maximum Gasteiger partial charge on any atom is 0.348 e. The molecule has 0 radical (unpaired) electrons. The second-order valence-corrected chi connectivity index (χ2v) is 7.04. The number of esters is 1. The van der Waals surface area contributed by atoms with Crippen LogP contribution in [0.25, 0.3) is 6.08 Å². The molecule has 2 aromatic carbocycles. The van der Waals surface area contributed by atoms with E-state index >= 15 is 0 Å². The van der Waals surface area contributed by atoms with Crippen LogP contribution in [0, 0.1) is 11.3 Å². The highest BCUT2D eigenvalue weighted by Gasteiger charge is 2.20. The molecule has 0 fully saturated rings. The van der Waals surface area contributed by atoms with Gasteiger partial charge >= 0.3 is 5.97 Å². The number of hydrogen-bond acceptors (Lipinski definition) is 7. The van der Waals surface area contributed by atoms with E-state index < -0.39 is 18.7 Å². The molecule has 1 aliphatic rings. The lowest BCUT2D eigenvalue weighted by Crippen LogP contribution is -2.22. The van der Waals surface area contributed by atoms with Gasteiger partial charge in [-0.1, -0.05) is 30.0 Å². The summed E-state index contributed by atoms with van der Waals surface area (Å²) in [6.07, 6.45) is 0.291. The van der Waals surface area contributed by atoms with Gasteiger partial charge < -0.3 is 19.8 Å². The van der Waals surface area contributed by atoms with Crippen LogP contribution in [0.3, 0.4) is 0 Å². The van der Waals surface area contributed by atoms with Crippen LogP contribution in [0.2, 0.25) is 0 Å². The van der Waals surface area contributed by atoms with Crippen molar-refractivity contribution in [2.45, 2.75) is 15.9 Å². The number of nitriles is 1. The van der Waals surface area contributed by atoms with E-state index in [0.717, 1.165) is 21.2 Å². The van der Waals surface area contributed by atoms with Crippen LogP contribution >= 0.6 is 11.8 Å². The summed E-state index contributed by atoms with van der Waals surface area (Å²) in [5.41, 5.74) is 2.70. The zero-order chi connectivity index (χ0) is 19.4. The molecule has 0 saturated heterocycles. The van der Waals surface area contributed by atoms with Gasteiger partial charge in [0.25, 0.3) is 0 Å². The largest absolute Gasteiger partial charge is 0.459 e.